The predicted octanol–water partition coefficient (Wildman–Crippen LogP) is 5.66. The van der Waals surface area contributed by atoms with Gasteiger partial charge < -0.3 is 14.5 Å². The van der Waals surface area contributed by atoms with Gasteiger partial charge in [0.1, 0.15) is 11.5 Å². The van der Waals surface area contributed by atoms with Crippen molar-refractivity contribution in [2.75, 3.05) is 40.0 Å². The van der Waals surface area contributed by atoms with Crippen molar-refractivity contribution < 1.29 is 35.5 Å². The number of ether oxygens (including phenoxy) is 1. The number of carbonyl (C=O) groups excluding carboxylic acids is 1. The zero-order valence-electron chi connectivity index (χ0n) is 23.5. The summed E-state index contributed by atoms with van der Waals surface area (Å²) in [4.78, 5) is 21.5. The molecule has 2 aromatic carbocycles. The summed E-state index contributed by atoms with van der Waals surface area (Å²) in [6.07, 6.45) is -4.88. The number of hydrogen-bond donors (Lipinski definition) is 0. The Morgan fingerprint density at radius 2 is 1.86 bits per heavy atom. The van der Waals surface area contributed by atoms with Gasteiger partial charge in [0.15, 0.2) is 21.4 Å². The fourth-order valence-corrected chi connectivity index (χ4v) is 7.80. The van der Waals surface area contributed by atoms with Gasteiger partial charge in [0, 0.05) is 18.7 Å². The van der Waals surface area contributed by atoms with Crippen molar-refractivity contribution >= 4 is 33.0 Å². The van der Waals surface area contributed by atoms with Crippen molar-refractivity contribution in [3.63, 3.8) is 0 Å². The minimum Gasteiger partial charge on any atom is -0.482 e. The summed E-state index contributed by atoms with van der Waals surface area (Å²) in [5.74, 6) is -1.45. The zero-order chi connectivity index (χ0) is 31.4. The Balaban J connectivity index is 1.73. The Bertz CT molecular complexity index is 1860. The molecule has 14 heteroatoms. The number of pyridine rings is 1. The lowest BCUT2D eigenvalue weighted by Gasteiger charge is -2.30. The molecule has 0 N–H and O–H groups in total. The van der Waals surface area contributed by atoms with Gasteiger partial charge in [-0.25, -0.2) is 17.8 Å². The number of likely N-dealkylation sites (N-methyl/N-ethyl adjacent to an activating group) is 1. The van der Waals surface area contributed by atoms with Gasteiger partial charge in [-0.2, -0.15) is 13.2 Å². The topological polar surface area (TPSA) is 84.2 Å². The van der Waals surface area contributed by atoms with Gasteiger partial charge in [-0.15, -0.1) is 0 Å². The highest BCUT2D eigenvalue weighted by molar-refractivity contribution is 7.92. The Hall–Kier alpha value is -3.68. The van der Waals surface area contributed by atoms with Crippen molar-refractivity contribution in [3.05, 3.63) is 81.8 Å². The number of carbonyl (C=O) groups is 1. The van der Waals surface area contributed by atoms with Crippen molar-refractivity contribution in [3.8, 4) is 17.1 Å². The SMILES string of the molecule is COc1cccc2nc(C(=O)N(CCN(C)C)C3CS(=O)(=O)c4c3ccc(C(F)(F)F)c4Cl)c(-c3ccc(F)c(C)c3)n12. The number of sulfone groups is 1. The largest absolute Gasteiger partial charge is 0.482 e. The van der Waals surface area contributed by atoms with Crippen LogP contribution in [0, 0.1) is 12.7 Å². The molecule has 1 unspecified atom stereocenters. The van der Waals surface area contributed by atoms with Crippen LogP contribution in [0.2, 0.25) is 5.02 Å². The number of alkyl halides is 3. The molecule has 0 fully saturated rings. The summed E-state index contributed by atoms with van der Waals surface area (Å²) in [6, 6.07) is 9.94. The van der Waals surface area contributed by atoms with Crippen LogP contribution < -0.4 is 4.74 Å². The number of aryl methyl sites for hydroxylation is 1. The lowest BCUT2D eigenvalue weighted by atomic mass is 10.0. The molecule has 0 saturated heterocycles. The second-order valence-electron chi connectivity index (χ2n) is 10.5. The van der Waals surface area contributed by atoms with Crippen molar-refractivity contribution in [2.45, 2.75) is 24.0 Å². The number of imidazole rings is 1. The molecule has 5 rings (SSSR count). The molecule has 3 heterocycles. The third-order valence-corrected chi connectivity index (χ3v) is 9.68. The molecule has 228 valence electrons. The van der Waals surface area contributed by atoms with Gasteiger partial charge in [0.2, 0.25) is 0 Å². The summed E-state index contributed by atoms with van der Waals surface area (Å²) in [5.41, 5.74) is 0.0280. The van der Waals surface area contributed by atoms with E-state index in [1.54, 1.807) is 54.6 Å². The van der Waals surface area contributed by atoms with Crippen LogP contribution in [0.4, 0.5) is 17.6 Å². The average Bonchev–Trinajstić information content (AvgIpc) is 3.45. The van der Waals surface area contributed by atoms with E-state index in [9.17, 15) is 30.8 Å². The minimum atomic E-state index is -4.88. The number of nitrogens with zero attached hydrogens (tertiary/aromatic N) is 4. The quantitative estimate of drug-likeness (QED) is 0.243. The van der Waals surface area contributed by atoms with E-state index in [0.29, 0.717) is 29.2 Å². The van der Waals surface area contributed by atoms with Crippen LogP contribution in [-0.2, 0) is 16.0 Å². The van der Waals surface area contributed by atoms with E-state index < -0.39 is 55.0 Å². The molecule has 2 aromatic heterocycles. The summed E-state index contributed by atoms with van der Waals surface area (Å²) in [6.45, 7) is 1.88. The van der Waals surface area contributed by atoms with E-state index >= 15 is 0 Å². The maximum absolute atomic E-state index is 14.5. The van der Waals surface area contributed by atoms with Gasteiger partial charge >= 0.3 is 6.18 Å². The van der Waals surface area contributed by atoms with Crippen LogP contribution in [-0.4, -0.2) is 73.6 Å². The van der Waals surface area contributed by atoms with Gasteiger partial charge in [-0.3, -0.25) is 9.20 Å². The van der Waals surface area contributed by atoms with Crippen molar-refractivity contribution in [1.82, 2.24) is 19.2 Å². The van der Waals surface area contributed by atoms with E-state index in [4.69, 9.17) is 16.3 Å². The summed E-state index contributed by atoms with van der Waals surface area (Å²) >= 11 is 6.07. The summed E-state index contributed by atoms with van der Waals surface area (Å²) < 4.78 is 88.8. The molecule has 0 radical (unpaired) electrons. The van der Waals surface area contributed by atoms with Gasteiger partial charge in [0.25, 0.3) is 5.91 Å². The van der Waals surface area contributed by atoms with Gasteiger partial charge in [-0.1, -0.05) is 23.7 Å². The summed E-state index contributed by atoms with van der Waals surface area (Å²) in [5, 5.41) is -0.924. The first kappa shape index (κ1) is 30.8. The third kappa shape index (κ3) is 5.45. The minimum absolute atomic E-state index is 0.00868. The van der Waals surface area contributed by atoms with E-state index in [1.165, 1.54) is 24.1 Å². The number of aromatic nitrogens is 2. The van der Waals surface area contributed by atoms with Crippen LogP contribution in [0.15, 0.2) is 53.4 Å². The van der Waals surface area contributed by atoms with Gasteiger partial charge in [0.05, 0.1) is 40.1 Å². The first-order valence-electron chi connectivity index (χ1n) is 13.1. The van der Waals surface area contributed by atoms with Crippen molar-refractivity contribution in [1.29, 1.82) is 0 Å². The average molecular weight is 639 g/mol. The number of amides is 1. The Morgan fingerprint density at radius 3 is 2.49 bits per heavy atom. The first-order chi connectivity index (χ1) is 20.2. The monoisotopic (exact) mass is 638 g/mol. The number of benzene rings is 2. The normalized spacial score (nSPS) is 16.1. The van der Waals surface area contributed by atoms with Crippen molar-refractivity contribution in [2.24, 2.45) is 0 Å². The molecule has 1 aliphatic rings. The second-order valence-corrected chi connectivity index (χ2v) is 12.8. The van der Waals surface area contributed by atoms with E-state index in [-0.39, 0.29) is 23.5 Å². The third-order valence-electron chi connectivity index (χ3n) is 7.36. The molecule has 1 atom stereocenters. The highest BCUT2D eigenvalue weighted by atomic mass is 35.5. The maximum Gasteiger partial charge on any atom is 0.417 e. The first-order valence-corrected chi connectivity index (χ1v) is 15.1. The molecule has 8 nitrogen and oxygen atoms in total. The molecule has 4 aromatic rings. The molecule has 0 saturated carbocycles. The van der Waals surface area contributed by atoms with Gasteiger partial charge in [-0.05, 0) is 68.5 Å². The van der Waals surface area contributed by atoms with Crippen LogP contribution in [0.25, 0.3) is 16.9 Å². The molecule has 0 bridgehead atoms. The second kappa shape index (κ2) is 11.1. The highest BCUT2D eigenvalue weighted by Gasteiger charge is 2.45. The molecule has 1 aliphatic heterocycles. The smallest absolute Gasteiger partial charge is 0.417 e. The Morgan fingerprint density at radius 1 is 1.14 bits per heavy atom. The summed E-state index contributed by atoms with van der Waals surface area (Å²) in [7, 11) is 0.663. The van der Waals surface area contributed by atoms with Crippen LogP contribution in [0.3, 0.4) is 0 Å². The highest BCUT2D eigenvalue weighted by Crippen LogP contribution is 2.46. The predicted molar refractivity (Wildman–Crippen MR) is 153 cm³/mol. The van der Waals surface area contributed by atoms with E-state index in [0.717, 1.165) is 12.1 Å². The number of halogens is 5. The number of hydrogen-bond acceptors (Lipinski definition) is 6. The Labute approximate surface area is 250 Å². The molecular formula is C29H27ClF4N4O4S. The van der Waals surface area contributed by atoms with E-state index in [1.807, 2.05) is 0 Å². The van der Waals surface area contributed by atoms with Crippen LogP contribution >= 0.6 is 11.6 Å². The number of methoxy groups -OCH3 is 1. The molecule has 0 aliphatic carbocycles. The fraction of sp³-hybridized carbons (Fsp3) is 0.310. The number of fused-ring (bicyclic) bond motifs is 2. The lowest BCUT2D eigenvalue weighted by molar-refractivity contribution is -0.137. The lowest BCUT2D eigenvalue weighted by Crippen LogP contribution is -2.40. The number of rotatable bonds is 7. The standard InChI is InChI=1S/C29H27ClF4N4O4S/c1-16-14-17(8-11-20(16)31)26-25(35-22-6-5-7-23(42-4)38(22)26)28(39)37(13-12-36(2)3)21-15-43(40,41)27-18(21)9-10-19(24(27)30)29(32,33)34/h5-11,14,21H,12-13,15H2,1-4H3. The maximum atomic E-state index is 14.5. The molecule has 1 amide bonds. The molecule has 0 spiro atoms. The molecular weight excluding hydrogens is 612 g/mol. The molecule has 43 heavy (non-hydrogen) atoms. The Kier molecular flexibility index (Phi) is 7.95. The fourth-order valence-electron chi connectivity index (χ4n) is 5.28. The van der Waals surface area contributed by atoms with Crippen LogP contribution in [0.1, 0.15) is 33.2 Å². The zero-order valence-corrected chi connectivity index (χ0v) is 25.1. The van der Waals surface area contributed by atoms with Crippen LogP contribution in [0.5, 0.6) is 5.88 Å². The van der Waals surface area contributed by atoms with E-state index in [2.05, 4.69) is 4.98 Å².